The smallest absolute Gasteiger partial charge is 0.430 e. The number of benzene rings is 1. The molecule has 1 N–H and O–H groups in total. The normalized spacial score (nSPS) is 14.1. The number of fused-ring (bicyclic) bond motifs is 1. The first-order valence-corrected chi connectivity index (χ1v) is 4.91. The molecule has 0 aliphatic carbocycles. The molecule has 19 heavy (non-hydrogen) atoms. The van der Waals surface area contributed by atoms with Gasteiger partial charge in [-0.3, -0.25) is 0 Å². The number of halogens is 6. The molecule has 0 atom stereocenters. The van der Waals surface area contributed by atoms with E-state index in [0.29, 0.717) is 17.5 Å². The Morgan fingerprint density at radius 2 is 1.47 bits per heavy atom. The van der Waals surface area contributed by atoms with Crippen LogP contribution in [0, 0.1) is 0 Å². The average Bonchev–Trinajstić information content (AvgIpc) is 2.71. The highest BCUT2D eigenvalue weighted by atomic mass is 19.4. The second-order valence-corrected chi connectivity index (χ2v) is 3.88. The molecule has 0 saturated heterocycles. The van der Waals surface area contributed by atoms with Gasteiger partial charge in [-0.1, -0.05) is 12.1 Å². The van der Waals surface area contributed by atoms with Gasteiger partial charge in [0.15, 0.2) is 0 Å². The molecule has 0 amide bonds. The number of aliphatic hydroxyl groups is 1. The molecule has 2 aromatic rings. The van der Waals surface area contributed by atoms with Crippen LogP contribution in [0.1, 0.15) is 5.56 Å². The van der Waals surface area contributed by atoms with E-state index in [2.05, 4.69) is 0 Å². The lowest BCUT2D eigenvalue weighted by Crippen LogP contribution is -2.53. The maximum absolute atomic E-state index is 12.6. The molecule has 1 aromatic carbocycles. The van der Waals surface area contributed by atoms with Crippen molar-refractivity contribution in [2.75, 3.05) is 0 Å². The monoisotopic (exact) mass is 284 g/mol. The van der Waals surface area contributed by atoms with E-state index < -0.39 is 23.5 Å². The van der Waals surface area contributed by atoms with Crippen molar-refractivity contribution in [2.24, 2.45) is 0 Å². The minimum absolute atomic E-state index is 0.176. The van der Waals surface area contributed by atoms with Crippen LogP contribution in [0.25, 0.3) is 11.0 Å². The van der Waals surface area contributed by atoms with Crippen molar-refractivity contribution in [2.45, 2.75) is 18.0 Å². The summed E-state index contributed by atoms with van der Waals surface area (Å²) in [5, 5.41) is 9.49. The van der Waals surface area contributed by atoms with E-state index in [1.807, 2.05) is 0 Å². The molecule has 0 saturated carbocycles. The molecule has 2 nitrogen and oxygen atoms in total. The second-order valence-electron chi connectivity index (χ2n) is 3.88. The number of hydrogen-bond acceptors (Lipinski definition) is 2. The Hall–Kier alpha value is -1.70. The summed E-state index contributed by atoms with van der Waals surface area (Å²) in [6, 6.07) is 3.48. The highest BCUT2D eigenvalue weighted by molar-refractivity contribution is 5.78. The van der Waals surface area contributed by atoms with Crippen molar-refractivity contribution in [3.63, 3.8) is 0 Å². The van der Waals surface area contributed by atoms with Crippen molar-refractivity contribution in [1.82, 2.24) is 0 Å². The van der Waals surface area contributed by atoms with Gasteiger partial charge in [-0.2, -0.15) is 26.3 Å². The van der Waals surface area contributed by atoms with Gasteiger partial charge in [0, 0.05) is 10.9 Å². The Bertz CT molecular complexity index is 581. The SMILES string of the molecule is OC(c1ccc2ccoc2c1)(C(F)(F)F)C(F)(F)F. The fraction of sp³-hybridized carbons (Fsp3) is 0.273. The first kappa shape index (κ1) is 13.7. The molecule has 0 aliphatic heterocycles. The molecule has 0 fully saturated rings. The lowest BCUT2D eigenvalue weighted by Gasteiger charge is -2.32. The Balaban J connectivity index is 2.68. The standard InChI is InChI=1S/C11H6F6O2/c12-10(13,14)9(18,11(15,16)17)7-2-1-6-3-4-19-8(6)5-7/h1-5,18H. The van der Waals surface area contributed by atoms with Gasteiger partial charge in [-0.25, -0.2) is 0 Å². The molecule has 8 heteroatoms. The van der Waals surface area contributed by atoms with E-state index >= 15 is 0 Å². The Morgan fingerprint density at radius 1 is 0.895 bits per heavy atom. The van der Waals surface area contributed by atoms with Gasteiger partial charge in [0.05, 0.1) is 6.26 Å². The van der Waals surface area contributed by atoms with Gasteiger partial charge in [0.2, 0.25) is 0 Å². The highest BCUT2D eigenvalue weighted by Crippen LogP contribution is 2.50. The number of alkyl halides is 6. The minimum atomic E-state index is -5.90. The van der Waals surface area contributed by atoms with Crippen LogP contribution in [0.15, 0.2) is 34.9 Å². The summed E-state index contributed by atoms with van der Waals surface area (Å²) in [5.74, 6) is 0. The summed E-state index contributed by atoms with van der Waals surface area (Å²) < 4.78 is 80.4. The van der Waals surface area contributed by atoms with Crippen LogP contribution in [0.2, 0.25) is 0 Å². The van der Waals surface area contributed by atoms with Gasteiger partial charge >= 0.3 is 12.4 Å². The third kappa shape index (κ3) is 1.95. The van der Waals surface area contributed by atoms with E-state index in [1.54, 1.807) is 0 Å². The molecule has 0 aliphatic rings. The van der Waals surface area contributed by atoms with Crippen molar-refractivity contribution >= 4 is 11.0 Å². The molecule has 0 bridgehead atoms. The van der Waals surface area contributed by atoms with E-state index in [9.17, 15) is 26.3 Å². The molecule has 1 heterocycles. The van der Waals surface area contributed by atoms with E-state index in [0.717, 1.165) is 12.3 Å². The summed E-state index contributed by atoms with van der Waals surface area (Å²) in [6.07, 6.45) is -10.7. The quantitative estimate of drug-likeness (QED) is 0.809. The largest absolute Gasteiger partial charge is 0.464 e. The van der Waals surface area contributed by atoms with Crippen LogP contribution in [-0.4, -0.2) is 17.5 Å². The average molecular weight is 284 g/mol. The molecule has 0 spiro atoms. The first-order chi connectivity index (χ1) is 8.57. The highest BCUT2D eigenvalue weighted by Gasteiger charge is 2.71. The summed E-state index contributed by atoms with van der Waals surface area (Å²) >= 11 is 0. The van der Waals surface area contributed by atoms with Gasteiger partial charge in [-0.05, 0) is 12.1 Å². The molecular weight excluding hydrogens is 278 g/mol. The first-order valence-electron chi connectivity index (χ1n) is 4.91. The third-order valence-corrected chi connectivity index (χ3v) is 2.69. The molecule has 104 valence electrons. The molecule has 0 radical (unpaired) electrons. The van der Waals surface area contributed by atoms with E-state index in [-0.39, 0.29) is 5.58 Å². The van der Waals surface area contributed by atoms with Crippen LogP contribution in [0.3, 0.4) is 0 Å². The van der Waals surface area contributed by atoms with Crippen LogP contribution in [0.5, 0.6) is 0 Å². The number of rotatable bonds is 1. The minimum Gasteiger partial charge on any atom is -0.464 e. The summed E-state index contributed by atoms with van der Waals surface area (Å²) in [6.45, 7) is 0. The summed E-state index contributed by atoms with van der Waals surface area (Å²) in [4.78, 5) is 0. The zero-order chi connectivity index (χ0) is 14.5. The van der Waals surface area contributed by atoms with Crippen molar-refractivity contribution < 1.29 is 35.9 Å². The number of furan rings is 1. The maximum Gasteiger partial charge on any atom is 0.430 e. The Labute approximate surface area is 102 Å². The zero-order valence-electron chi connectivity index (χ0n) is 9.01. The van der Waals surface area contributed by atoms with E-state index in [1.165, 1.54) is 6.07 Å². The topological polar surface area (TPSA) is 33.4 Å². The predicted molar refractivity (Wildman–Crippen MR) is 52.2 cm³/mol. The van der Waals surface area contributed by atoms with Gasteiger partial charge in [0.25, 0.3) is 5.60 Å². The van der Waals surface area contributed by atoms with Gasteiger partial charge < -0.3 is 9.52 Å². The Morgan fingerprint density at radius 3 is 2.00 bits per heavy atom. The number of hydrogen-bond donors (Lipinski definition) is 1. The summed E-state index contributed by atoms with van der Waals surface area (Å²) in [5.41, 5.74) is -6.44. The lowest BCUT2D eigenvalue weighted by atomic mass is 9.92. The molecule has 2 rings (SSSR count). The van der Waals surface area contributed by atoms with Crippen LogP contribution in [-0.2, 0) is 5.60 Å². The predicted octanol–water partition coefficient (Wildman–Crippen LogP) is 3.75. The Kier molecular flexibility index (Phi) is 2.81. The molecular formula is C11H6F6O2. The van der Waals surface area contributed by atoms with Gasteiger partial charge in [0.1, 0.15) is 5.58 Å². The van der Waals surface area contributed by atoms with Crippen molar-refractivity contribution in [3.05, 3.63) is 36.1 Å². The van der Waals surface area contributed by atoms with Crippen molar-refractivity contribution in [3.8, 4) is 0 Å². The van der Waals surface area contributed by atoms with Crippen LogP contribution in [0.4, 0.5) is 26.3 Å². The zero-order valence-corrected chi connectivity index (χ0v) is 9.01. The second kappa shape index (κ2) is 3.89. The van der Waals surface area contributed by atoms with Crippen molar-refractivity contribution in [1.29, 1.82) is 0 Å². The van der Waals surface area contributed by atoms with Crippen LogP contribution >= 0.6 is 0 Å². The fourth-order valence-corrected chi connectivity index (χ4v) is 1.67. The van der Waals surface area contributed by atoms with E-state index in [4.69, 9.17) is 9.52 Å². The summed E-state index contributed by atoms with van der Waals surface area (Å²) in [7, 11) is 0. The lowest BCUT2D eigenvalue weighted by molar-refractivity contribution is -0.376. The third-order valence-electron chi connectivity index (χ3n) is 2.69. The molecule has 1 aromatic heterocycles. The maximum atomic E-state index is 12.6. The fourth-order valence-electron chi connectivity index (χ4n) is 1.67. The van der Waals surface area contributed by atoms with Gasteiger partial charge in [-0.15, -0.1) is 0 Å². The molecule has 0 unspecified atom stereocenters. The van der Waals surface area contributed by atoms with Crippen LogP contribution < -0.4 is 0 Å².